The summed E-state index contributed by atoms with van der Waals surface area (Å²) in [7, 11) is 1.76. The van der Waals surface area contributed by atoms with Crippen LogP contribution >= 0.6 is 0 Å². The molecule has 132 valence electrons. The van der Waals surface area contributed by atoms with E-state index in [9.17, 15) is 9.59 Å². The van der Waals surface area contributed by atoms with Gasteiger partial charge in [-0.2, -0.15) is 0 Å². The first-order valence-electron chi connectivity index (χ1n) is 8.22. The van der Waals surface area contributed by atoms with Crippen molar-refractivity contribution in [2.24, 2.45) is 0 Å². The van der Waals surface area contributed by atoms with Crippen molar-refractivity contribution >= 4 is 17.7 Å². The third-order valence-electron chi connectivity index (χ3n) is 3.60. The summed E-state index contributed by atoms with van der Waals surface area (Å²) in [6.45, 7) is 6.73. The van der Waals surface area contributed by atoms with E-state index in [0.717, 1.165) is 19.4 Å². The van der Waals surface area contributed by atoms with Crippen molar-refractivity contribution in [1.82, 2.24) is 4.90 Å². The van der Waals surface area contributed by atoms with Crippen LogP contribution in [-0.2, 0) is 9.47 Å². The molecule has 6 nitrogen and oxygen atoms in total. The zero-order valence-electron chi connectivity index (χ0n) is 14.8. The Morgan fingerprint density at radius 3 is 2.75 bits per heavy atom. The number of hydrogen-bond donors (Lipinski definition) is 1. The number of rotatable bonds is 4. The first kappa shape index (κ1) is 18.3. The minimum absolute atomic E-state index is 0.0988. The van der Waals surface area contributed by atoms with Gasteiger partial charge in [-0.05, 0) is 51.8 Å². The summed E-state index contributed by atoms with van der Waals surface area (Å²) < 4.78 is 10.8. The number of nitrogens with one attached hydrogen (secondary N) is 1. The second-order valence-electron chi connectivity index (χ2n) is 7.03. The summed E-state index contributed by atoms with van der Waals surface area (Å²) in [6, 6.07) is 6.84. The fourth-order valence-corrected chi connectivity index (χ4v) is 2.55. The van der Waals surface area contributed by atoms with Gasteiger partial charge in [0.1, 0.15) is 5.60 Å². The second-order valence-corrected chi connectivity index (χ2v) is 7.03. The first-order valence-corrected chi connectivity index (χ1v) is 8.22. The first-order chi connectivity index (χ1) is 11.2. The molecule has 0 aliphatic carbocycles. The Hall–Kier alpha value is -2.08. The lowest BCUT2D eigenvalue weighted by molar-refractivity contribution is 0.0586. The third kappa shape index (κ3) is 5.53. The lowest BCUT2D eigenvalue weighted by Gasteiger charge is -2.21. The molecule has 2 amide bonds. The van der Waals surface area contributed by atoms with Gasteiger partial charge >= 0.3 is 6.09 Å². The van der Waals surface area contributed by atoms with Gasteiger partial charge in [0, 0.05) is 31.5 Å². The van der Waals surface area contributed by atoms with E-state index in [0.29, 0.717) is 17.8 Å². The van der Waals surface area contributed by atoms with Gasteiger partial charge in [-0.3, -0.25) is 10.1 Å². The fraction of sp³-hybridized carbons (Fsp3) is 0.556. The minimum Gasteiger partial charge on any atom is -0.444 e. The van der Waals surface area contributed by atoms with Gasteiger partial charge in [0.05, 0.1) is 6.10 Å². The van der Waals surface area contributed by atoms with E-state index in [4.69, 9.17) is 9.47 Å². The molecular formula is C18H26N2O4. The summed E-state index contributed by atoms with van der Waals surface area (Å²) in [6.07, 6.45) is 1.60. The highest BCUT2D eigenvalue weighted by Crippen LogP contribution is 2.17. The van der Waals surface area contributed by atoms with Crippen LogP contribution in [0.15, 0.2) is 24.3 Å². The van der Waals surface area contributed by atoms with Crippen LogP contribution in [0, 0.1) is 0 Å². The highest BCUT2D eigenvalue weighted by atomic mass is 16.6. The monoisotopic (exact) mass is 334 g/mol. The summed E-state index contributed by atoms with van der Waals surface area (Å²) in [5, 5.41) is 2.65. The van der Waals surface area contributed by atoms with Gasteiger partial charge in [-0.15, -0.1) is 0 Å². The molecule has 1 fully saturated rings. The van der Waals surface area contributed by atoms with E-state index in [1.807, 2.05) is 0 Å². The summed E-state index contributed by atoms with van der Waals surface area (Å²) in [4.78, 5) is 26.0. The molecule has 0 radical (unpaired) electrons. The Kier molecular flexibility index (Phi) is 5.83. The molecule has 1 aliphatic heterocycles. The molecule has 0 spiro atoms. The second kappa shape index (κ2) is 7.66. The fourth-order valence-electron chi connectivity index (χ4n) is 2.55. The maximum atomic E-state index is 12.5. The Morgan fingerprint density at radius 2 is 2.12 bits per heavy atom. The van der Waals surface area contributed by atoms with Gasteiger partial charge in [0.2, 0.25) is 0 Å². The molecule has 1 unspecified atom stereocenters. The Morgan fingerprint density at radius 1 is 1.38 bits per heavy atom. The van der Waals surface area contributed by atoms with E-state index in [1.54, 1.807) is 57.0 Å². The van der Waals surface area contributed by atoms with Crippen molar-refractivity contribution in [1.29, 1.82) is 0 Å². The summed E-state index contributed by atoms with van der Waals surface area (Å²) in [5.74, 6) is -0.0988. The highest BCUT2D eigenvalue weighted by Gasteiger charge is 2.21. The summed E-state index contributed by atoms with van der Waals surface area (Å²) >= 11 is 0. The van der Waals surface area contributed by atoms with Crippen molar-refractivity contribution < 1.29 is 19.1 Å². The van der Waals surface area contributed by atoms with Crippen LogP contribution in [0.5, 0.6) is 0 Å². The molecule has 6 heteroatoms. The number of nitrogens with zero attached hydrogens (tertiary/aromatic N) is 1. The van der Waals surface area contributed by atoms with Crippen molar-refractivity contribution in [3.8, 4) is 0 Å². The molecule has 2 rings (SSSR count). The molecule has 1 N–H and O–H groups in total. The van der Waals surface area contributed by atoms with E-state index in [2.05, 4.69) is 5.32 Å². The van der Waals surface area contributed by atoms with Gasteiger partial charge < -0.3 is 14.4 Å². The molecule has 0 saturated carbocycles. The number of carbonyl (C=O) groups is 2. The van der Waals surface area contributed by atoms with Crippen LogP contribution in [0.25, 0.3) is 0 Å². The predicted octanol–water partition coefficient (Wildman–Crippen LogP) is 3.28. The van der Waals surface area contributed by atoms with E-state index < -0.39 is 11.7 Å². The number of hydrogen-bond acceptors (Lipinski definition) is 4. The molecule has 1 heterocycles. The van der Waals surface area contributed by atoms with Crippen LogP contribution in [0.2, 0.25) is 0 Å². The lowest BCUT2D eigenvalue weighted by Crippen LogP contribution is -2.34. The van der Waals surface area contributed by atoms with Crippen molar-refractivity contribution in [3.05, 3.63) is 29.8 Å². The van der Waals surface area contributed by atoms with Crippen LogP contribution < -0.4 is 5.32 Å². The van der Waals surface area contributed by atoms with Gasteiger partial charge in [0.25, 0.3) is 5.91 Å². The van der Waals surface area contributed by atoms with Gasteiger partial charge in [-0.25, -0.2) is 4.79 Å². The largest absolute Gasteiger partial charge is 0.444 e. The Balaban J connectivity index is 1.98. The molecule has 0 bridgehead atoms. The Bertz CT molecular complexity index is 589. The molecule has 1 aromatic carbocycles. The number of likely N-dealkylation sites (N-methyl/N-ethyl adjacent to an activating group) is 1. The van der Waals surface area contributed by atoms with Crippen LogP contribution in [0.3, 0.4) is 0 Å². The smallest absolute Gasteiger partial charge is 0.412 e. The minimum atomic E-state index is -0.570. The van der Waals surface area contributed by atoms with Crippen LogP contribution in [0.1, 0.15) is 44.0 Å². The molecule has 0 aromatic heterocycles. The average molecular weight is 334 g/mol. The highest BCUT2D eigenvalue weighted by molar-refractivity contribution is 5.96. The normalized spacial score (nSPS) is 17.4. The average Bonchev–Trinajstić information content (AvgIpc) is 2.97. The van der Waals surface area contributed by atoms with Crippen LogP contribution in [-0.4, -0.2) is 48.8 Å². The molecule has 1 aliphatic rings. The van der Waals surface area contributed by atoms with Gasteiger partial charge in [0.15, 0.2) is 0 Å². The standard InChI is InChI=1S/C18H26N2O4/c1-18(2,3)24-17(22)19-14-8-5-7-13(11-14)16(21)20(4)12-15-9-6-10-23-15/h5,7-8,11,15H,6,9-10,12H2,1-4H3,(H,19,22). The zero-order chi connectivity index (χ0) is 17.7. The Labute approximate surface area is 143 Å². The molecule has 1 saturated heterocycles. The number of ether oxygens (including phenoxy) is 2. The van der Waals surface area contributed by atoms with E-state index in [-0.39, 0.29) is 12.0 Å². The third-order valence-corrected chi connectivity index (χ3v) is 3.60. The van der Waals surface area contributed by atoms with Crippen molar-refractivity contribution in [2.45, 2.75) is 45.3 Å². The number of benzene rings is 1. The maximum absolute atomic E-state index is 12.5. The summed E-state index contributed by atoms with van der Waals surface area (Å²) in [5.41, 5.74) is 0.476. The van der Waals surface area contributed by atoms with E-state index in [1.165, 1.54) is 0 Å². The number of anilines is 1. The molecule has 1 aromatic rings. The van der Waals surface area contributed by atoms with Crippen molar-refractivity contribution in [3.63, 3.8) is 0 Å². The lowest BCUT2D eigenvalue weighted by atomic mass is 10.1. The molecule has 24 heavy (non-hydrogen) atoms. The molecule has 1 atom stereocenters. The zero-order valence-corrected chi connectivity index (χ0v) is 14.8. The SMILES string of the molecule is CN(CC1CCCO1)C(=O)c1cccc(NC(=O)OC(C)(C)C)c1. The van der Waals surface area contributed by atoms with Gasteiger partial charge in [-0.1, -0.05) is 6.07 Å². The topological polar surface area (TPSA) is 67.9 Å². The van der Waals surface area contributed by atoms with E-state index >= 15 is 0 Å². The predicted molar refractivity (Wildman–Crippen MR) is 92.2 cm³/mol. The molecular weight excluding hydrogens is 308 g/mol. The number of carbonyl (C=O) groups excluding carboxylic acids is 2. The van der Waals surface area contributed by atoms with Crippen molar-refractivity contribution in [2.75, 3.05) is 25.5 Å². The van der Waals surface area contributed by atoms with Crippen LogP contribution in [0.4, 0.5) is 10.5 Å². The quantitative estimate of drug-likeness (QED) is 0.917. The number of amides is 2. The maximum Gasteiger partial charge on any atom is 0.412 e.